The van der Waals surface area contributed by atoms with Crippen LogP contribution in [0.3, 0.4) is 0 Å². The number of fused-ring (bicyclic) bond motifs is 5. The van der Waals surface area contributed by atoms with Crippen LogP contribution in [0.1, 0.15) is 32.6 Å². The van der Waals surface area contributed by atoms with Crippen molar-refractivity contribution in [1.82, 2.24) is 0 Å². The first-order chi connectivity index (χ1) is 9.47. The lowest BCUT2D eigenvalue weighted by atomic mass is 9.81. The van der Waals surface area contributed by atoms with E-state index in [1.807, 2.05) is 0 Å². The molecule has 0 radical (unpaired) electrons. The fraction of sp³-hybridized carbons (Fsp3) is 0.733. The van der Waals surface area contributed by atoms with Crippen molar-refractivity contribution in [2.45, 2.75) is 50.4 Å². The van der Waals surface area contributed by atoms with Gasteiger partial charge in [-0.05, 0) is 18.8 Å². The van der Waals surface area contributed by atoms with E-state index in [9.17, 15) is 9.59 Å². The third-order valence-corrected chi connectivity index (χ3v) is 4.96. The Morgan fingerprint density at radius 2 is 2.30 bits per heavy atom. The maximum atomic E-state index is 12.0. The smallest absolute Gasteiger partial charge is 0.307 e. The molecule has 1 heterocycles. The van der Waals surface area contributed by atoms with Crippen LogP contribution in [0.15, 0.2) is 12.7 Å². The number of ether oxygens (including phenoxy) is 2. The average Bonchev–Trinajstić information content (AvgIpc) is 2.99. The van der Waals surface area contributed by atoms with Crippen LogP contribution < -0.4 is 0 Å². The molecule has 5 heteroatoms. The lowest BCUT2D eigenvalue weighted by Gasteiger charge is -2.35. The Hall–Kier alpha value is -1.36. The van der Waals surface area contributed by atoms with Gasteiger partial charge >= 0.3 is 11.9 Å². The minimum atomic E-state index is -0.974. The van der Waals surface area contributed by atoms with Gasteiger partial charge in [-0.3, -0.25) is 9.59 Å². The summed E-state index contributed by atoms with van der Waals surface area (Å²) < 4.78 is 11.4. The van der Waals surface area contributed by atoms with E-state index in [1.165, 1.54) is 6.92 Å². The largest absolute Gasteiger partial charge is 0.481 e. The van der Waals surface area contributed by atoms with Gasteiger partial charge in [0.25, 0.3) is 0 Å². The predicted molar refractivity (Wildman–Crippen MR) is 69.9 cm³/mol. The van der Waals surface area contributed by atoms with Crippen LogP contribution in [0.2, 0.25) is 0 Å². The Balaban J connectivity index is 1.68. The van der Waals surface area contributed by atoms with Crippen LogP contribution in [0.4, 0.5) is 0 Å². The van der Waals surface area contributed by atoms with E-state index < -0.39 is 23.5 Å². The maximum absolute atomic E-state index is 12.0. The van der Waals surface area contributed by atoms with Gasteiger partial charge in [-0.25, -0.2) is 0 Å². The quantitative estimate of drug-likeness (QED) is 0.456. The number of esters is 1. The molecule has 2 aliphatic carbocycles. The Kier molecular flexibility index (Phi) is 3.12. The van der Waals surface area contributed by atoms with Gasteiger partial charge in [0, 0.05) is 12.3 Å². The molecule has 6 unspecified atom stereocenters. The summed E-state index contributed by atoms with van der Waals surface area (Å²) in [7, 11) is 0. The summed E-state index contributed by atoms with van der Waals surface area (Å²) in [6.45, 7) is 5.28. The molecule has 110 valence electrons. The van der Waals surface area contributed by atoms with Crippen LogP contribution >= 0.6 is 0 Å². The second kappa shape index (κ2) is 4.58. The first-order valence-electron chi connectivity index (χ1n) is 7.18. The average molecular weight is 280 g/mol. The first-order valence-corrected chi connectivity index (χ1v) is 7.18. The van der Waals surface area contributed by atoms with Gasteiger partial charge in [0.05, 0.1) is 24.5 Å². The molecule has 5 nitrogen and oxygen atoms in total. The van der Waals surface area contributed by atoms with Crippen LogP contribution in [-0.2, 0) is 19.1 Å². The molecule has 0 spiro atoms. The fourth-order valence-electron chi connectivity index (χ4n) is 3.99. The van der Waals surface area contributed by atoms with Crippen molar-refractivity contribution in [3.05, 3.63) is 12.7 Å². The highest BCUT2D eigenvalue weighted by Gasteiger charge is 2.69. The molecular weight excluding hydrogens is 260 g/mol. The monoisotopic (exact) mass is 280 g/mol. The number of rotatable bonds is 6. The summed E-state index contributed by atoms with van der Waals surface area (Å²) in [6.07, 6.45) is 4.79. The zero-order chi connectivity index (χ0) is 14.5. The molecule has 6 atom stereocenters. The van der Waals surface area contributed by atoms with Gasteiger partial charge in [-0.1, -0.05) is 13.0 Å². The van der Waals surface area contributed by atoms with E-state index in [-0.39, 0.29) is 18.4 Å². The van der Waals surface area contributed by atoms with Gasteiger partial charge in [-0.2, -0.15) is 0 Å². The zero-order valence-corrected chi connectivity index (χ0v) is 11.6. The second-order valence-corrected chi connectivity index (χ2v) is 6.35. The molecule has 2 saturated carbocycles. The van der Waals surface area contributed by atoms with Crippen molar-refractivity contribution in [2.75, 3.05) is 0 Å². The topological polar surface area (TPSA) is 76.1 Å². The summed E-state index contributed by atoms with van der Waals surface area (Å²) in [5.74, 6) is -1.38. The van der Waals surface area contributed by atoms with Crippen LogP contribution in [0.25, 0.3) is 0 Å². The number of hydrogen-bond acceptors (Lipinski definition) is 4. The van der Waals surface area contributed by atoms with E-state index in [4.69, 9.17) is 14.6 Å². The summed E-state index contributed by atoms with van der Waals surface area (Å²) >= 11 is 0. The molecule has 0 aromatic carbocycles. The Bertz CT molecular complexity index is 459. The number of carboxylic acids is 1. The van der Waals surface area contributed by atoms with Gasteiger partial charge in [-0.15, -0.1) is 6.58 Å². The molecule has 0 amide bonds. The molecule has 3 fully saturated rings. The summed E-state index contributed by atoms with van der Waals surface area (Å²) in [5.41, 5.74) is -0.514. The third kappa shape index (κ3) is 2.04. The lowest BCUT2D eigenvalue weighted by Crippen LogP contribution is -2.43. The van der Waals surface area contributed by atoms with E-state index in [2.05, 4.69) is 6.58 Å². The normalized spacial score (nSPS) is 41.9. The fourth-order valence-corrected chi connectivity index (χ4v) is 3.99. The molecule has 0 aromatic heterocycles. The molecular formula is C15H20O5. The Labute approximate surface area is 117 Å². The van der Waals surface area contributed by atoms with Crippen molar-refractivity contribution < 1.29 is 24.2 Å². The first kappa shape index (κ1) is 13.6. The van der Waals surface area contributed by atoms with Crippen molar-refractivity contribution in [3.8, 4) is 0 Å². The van der Waals surface area contributed by atoms with Gasteiger partial charge in [0.2, 0.25) is 0 Å². The summed E-state index contributed by atoms with van der Waals surface area (Å²) in [6, 6.07) is 0. The van der Waals surface area contributed by atoms with E-state index in [0.717, 1.165) is 12.8 Å². The highest BCUT2D eigenvalue weighted by atomic mass is 16.6. The van der Waals surface area contributed by atoms with E-state index in [1.54, 1.807) is 6.08 Å². The number of aliphatic carboxylic acids is 1. The predicted octanol–water partition coefficient (Wildman–Crippen LogP) is 1.76. The van der Waals surface area contributed by atoms with Gasteiger partial charge < -0.3 is 14.6 Å². The Morgan fingerprint density at radius 1 is 1.55 bits per heavy atom. The number of carboxylic acid groups (broad SMARTS) is 1. The molecule has 20 heavy (non-hydrogen) atoms. The van der Waals surface area contributed by atoms with Crippen LogP contribution in [0.5, 0.6) is 0 Å². The maximum Gasteiger partial charge on any atom is 0.307 e. The number of carbonyl (C=O) groups is 2. The van der Waals surface area contributed by atoms with Crippen molar-refractivity contribution in [2.24, 2.45) is 17.8 Å². The molecule has 2 bridgehead atoms. The zero-order valence-electron chi connectivity index (χ0n) is 11.6. The Morgan fingerprint density at radius 3 is 2.85 bits per heavy atom. The summed E-state index contributed by atoms with van der Waals surface area (Å²) in [5, 5.41) is 8.87. The lowest BCUT2D eigenvalue weighted by molar-refractivity contribution is -0.168. The molecule has 1 saturated heterocycles. The van der Waals surface area contributed by atoms with Gasteiger partial charge in [0.15, 0.2) is 0 Å². The van der Waals surface area contributed by atoms with Gasteiger partial charge in [0.1, 0.15) is 5.60 Å². The molecule has 0 aromatic rings. The molecule has 1 N–H and O–H groups in total. The van der Waals surface area contributed by atoms with E-state index in [0.29, 0.717) is 18.4 Å². The highest BCUT2D eigenvalue weighted by Crippen LogP contribution is 2.62. The minimum absolute atomic E-state index is 0.0828. The molecule has 3 rings (SSSR count). The highest BCUT2D eigenvalue weighted by molar-refractivity contribution is 5.78. The number of hydrogen-bond donors (Lipinski definition) is 1. The SMILES string of the molecule is C=CCC1(OC(=O)CC(C)C(=O)O)CC2CC1C1OC21. The second-order valence-electron chi connectivity index (χ2n) is 6.35. The van der Waals surface area contributed by atoms with Crippen molar-refractivity contribution >= 4 is 11.9 Å². The summed E-state index contributed by atoms with van der Waals surface area (Å²) in [4.78, 5) is 22.8. The third-order valence-electron chi connectivity index (χ3n) is 4.96. The van der Waals surface area contributed by atoms with Crippen molar-refractivity contribution in [1.29, 1.82) is 0 Å². The standard InChI is InChI=1S/C15H20O5/c1-3-4-15(20-11(16)5-8(2)14(17)18)7-9-6-10(15)13-12(9)19-13/h3,8-10,12-13H,1,4-7H2,2H3,(H,17,18). The minimum Gasteiger partial charge on any atom is -0.481 e. The van der Waals surface area contributed by atoms with Crippen molar-refractivity contribution in [3.63, 3.8) is 0 Å². The molecule has 3 aliphatic rings. The van der Waals surface area contributed by atoms with Crippen LogP contribution in [0, 0.1) is 17.8 Å². The number of epoxide rings is 1. The molecule has 1 aliphatic heterocycles. The number of carbonyl (C=O) groups excluding carboxylic acids is 1. The van der Waals surface area contributed by atoms with Crippen LogP contribution in [-0.4, -0.2) is 34.9 Å². The van der Waals surface area contributed by atoms with E-state index >= 15 is 0 Å².